The zero-order valence-corrected chi connectivity index (χ0v) is 22.2. The van der Waals surface area contributed by atoms with Crippen molar-refractivity contribution < 1.29 is 14.4 Å². The van der Waals surface area contributed by atoms with Crippen molar-refractivity contribution in [1.82, 2.24) is 15.1 Å². The minimum atomic E-state index is -0.785. The predicted octanol–water partition coefficient (Wildman–Crippen LogP) is 4.24. The van der Waals surface area contributed by atoms with E-state index < -0.39 is 5.54 Å². The van der Waals surface area contributed by atoms with Gasteiger partial charge in [0.1, 0.15) is 12.1 Å². The summed E-state index contributed by atoms with van der Waals surface area (Å²) in [6, 6.07) is 29.2. The van der Waals surface area contributed by atoms with Gasteiger partial charge in [-0.1, -0.05) is 78.9 Å². The Morgan fingerprint density at radius 1 is 0.897 bits per heavy atom. The fourth-order valence-electron chi connectivity index (χ4n) is 5.54. The highest BCUT2D eigenvalue weighted by molar-refractivity contribution is 5.97. The van der Waals surface area contributed by atoms with Crippen molar-refractivity contribution >= 4 is 29.5 Å². The largest absolute Gasteiger partial charge is 0.348 e. The second-order valence-electron chi connectivity index (χ2n) is 10.2. The average Bonchev–Trinajstić information content (AvgIpc) is 3.23. The van der Waals surface area contributed by atoms with Gasteiger partial charge in [0, 0.05) is 24.9 Å². The summed E-state index contributed by atoms with van der Waals surface area (Å²) in [5.74, 6) is -0.305. The third kappa shape index (κ3) is 5.72. The first-order valence-corrected chi connectivity index (χ1v) is 13.4. The number of rotatable bonds is 7. The van der Waals surface area contributed by atoms with Crippen LogP contribution in [-0.2, 0) is 14.4 Å². The van der Waals surface area contributed by atoms with E-state index in [1.165, 1.54) is 0 Å². The Balaban J connectivity index is 1.28. The monoisotopic (exact) mass is 522 g/mol. The molecule has 5 rings (SSSR count). The van der Waals surface area contributed by atoms with Crippen LogP contribution in [0.5, 0.6) is 0 Å². The number of piperidine rings is 1. The predicted molar refractivity (Wildman–Crippen MR) is 153 cm³/mol. The molecule has 2 fully saturated rings. The van der Waals surface area contributed by atoms with E-state index in [4.69, 9.17) is 0 Å². The Bertz CT molecular complexity index is 1320. The molecule has 3 amide bonds. The number of benzene rings is 3. The van der Waals surface area contributed by atoms with Crippen molar-refractivity contribution in [3.8, 4) is 0 Å². The van der Waals surface area contributed by atoms with E-state index in [0.29, 0.717) is 32.6 Å². The molecule has 2 aliphatic rings. The maximum atomic E-state index is 13.9. The van der Waals surface area contributed by atoms with Crippen LogP contribution in [0.1, 0.15) is 36.9 Å². The summed E-state index contributed by atoms with van der Waals surface area (Å²) in [4.78, 5) is 45.4. The fraction of sp³-hybridized carbons (Fsp3) is 0.281. The number of hydrogen-bond acceptors (Lipinski definition) is 4. The van der Waals surface area contributed by atoms with Gasteiger partial charge < -0.3 is 20.0 Å². The second kappa shape index (κ2) is 11.6. The van der Waals surface area contributed by atoms with Crippen LogP contribution < -0.4 is 10.2 Å². The summed E-state index contributed by atoms with van der Waals surface area (Å²) >= 11 is 0. The first-order chi connectivity index (χ1) is 19.0. The van der Waals surface area contributed by atoms with Crippen molar-refractivity contribution in [2.75, 3.05) is 31.2 Å². The number of para-hydroxylation sites is 1. The van der Waals surface area contributed by atoms with Gasteiger partial charge in [-0.15, -0.1) is 0 Å². The Morgan fingerprint density at radius 2 is 1.49 bits per heavy atom. The lowest BCUT2D eigenvalue weighted by Gasteiger charge is -2.43. The minimum Gasteiger partial charge on any atom is -0.348 e. The first kappa shape index (κ1) is 26.2. The molecule has 3 aromatic carbocycles. The number of likely N-dealkylation sites (tertiary alicyclic amines) is 1. The number of nitrogens with one attached hydrogen (secondary N) is 1. The van der Waals surface area contributed by atoms with Gasteiger partial charge in [0.25, 0.3) is 5.91 Å². The molecule has 3 aromatic rings. The van der Waals surface area contributed by atoms with Crippen molar-refractivity contribution in [2.24, 2.45) is 0 Å². The molecule has 2 aliphatic heterocycles. The molecule has 39 heavy (non-hydrogen) atoms. The quantitative estimate of drug-likeness (QED) is 0.471. The summed E-state index contributed by atoms with van der Waals surface area (Å²) in [5, 5.41) is 3.03. The average molecular weight is 523 g/mol. The normalized spacial score (nSPS) is 17.6. The number of anilines is 1. The third-order valence-electron chi connectivity index (χ3n) is 7.71. The second-order valence-corrected chi connectivity index (χ2v) is 10.2. The molecule has 1 atom stereocenters. The van der Waals surface area contributed by atoms with Crippen LogP contribution >= 0.6 is 0 Å². The molecule has 0 aromatic heterocycles. The molecule has 0 aliphatic carbocycles. The topological polar surface area (TPSA) is 73.0 Å². The molecule has 7 nitrogen and oxygen atoms in total. The van der Waals surface area contributed by atoms with Gasteiger partial charge in [-0.3, -0.25) is 14.4 Å². The Kier molecular flexibility index (Phi) is 7.77. The van der Waals surface area contributed by atoms with Gasteiger partial charge in [-0.25, -0.2) is 0 Å². The SMILES string of the molecule is C[C@@H](NC(=O)CN1CN(c2ccccc2)C2(CCN(C(=O)/C=C/c3ccccc3)CC2)C1=O)c1ccccc1. The van der Waals surface area contributed by atoms with Crippen molar-refractivity contribution in [2.45, 2.75) is 31.3 Å². The molecule has 1 spiro atoms. The van der Waals surface area contributed by atoms with Crippen LogP contribution in [-0.4, -0.2) is 59.4 Å². The highest BCUT2D eigenvalue weighted by Gasteiger charge is 2.54. The number of carbonyl (C=O) groups excluding carboxylic acids is 3. The summed E-state index contributed by atoms with van der Waals surface area (Å²) in [5.41, 5.74) is 2.14. The van der Waals surface area contributed by atoms with Crippen LogP contribution in [0, 0.1) is 0 Å². The van der Waals surface area contributed by atoms with Gasteiger partial charge in [0.15, 0.2) is 0 Å². The molecule has 1 N–H and O–H groups in total. The minimum absolute atomic E-state index is 0.0104. The van der Waals surface area contributed by atoms with E-state index in [2.05, 4.69) is 10.2 Å². The van der Waals surface area contributed by atoms with Gasteiger partial charge in [-0.2, -0.15) is 0 Å². The molecule has 7 heteroatoms. The van der Waals surface area contributed by atoms with E-state index in [9.17, 15) is 14.4 Å². The van der Waals surface area contributed by atoms with Crippen LogP contribution in [0.15, 0.2) is 97.1 Å². The summed E-state index contributed by atoms with van der Waals surface area (Å²) in [7, 11) is 0. The standard InChI is InChI=1S/C32H34N4O3/c1-25(27-13-7-3-8-14-27)33-29(37)23-35-24-36(28-15-9-4-10-16-28)32(31(35)39)19-21-34(22-20-32)30(38)18-17-26-11-5-2-6-12-26/h2-18,25H,19-24H2,1H3,(H,33,37)/b18-17+/t25-/m1/s1. The smallest absolute Gasteiger partial charge is 0.250 e. The Morgan fingerprint density at radius 3 is 2.13 bits per heavy atom. The zero-order valence-electron chi connectivity index (χ0n) is 22.2. The van der Waals surface area contributed by atoms with Gasteiger partial charge >= 0.3 is 0 Å². The van der Waals surface area contributed by atoms with Crippen LogP contribution in [0.25, 0.3) is 6.08 Å². The molecule has 200 valence electrons. The Labute approximate surface area is 229 Å². The van der Waals surface area contributed by atoms with Crippen molar-refractivity contribution in [3.63, 3.8) is 0 Å². The molecule has 2 saturated heterocycles. The number of amides is 3. The molecule has 2 heterocycles. The molecular formula is C32H34N4O3. The first-order valence-electron chi connectivity index (χ1n) is 13.4. The van der Waals surface area contributed by atoms with E-state index in [1.54, 1.807) is 15.9 Å². The molecule has 0 saturated carbocycles. The third-order valence-corrected chi connectivity index (χ3v) is 7.71. The lowest BCUT2D eigenvalue weighted by Crippen LogP contribution is -2.57. The van der Waals surface area contributed by atoms with E-state index >= 15 is 0 Å². The maximum Gasteiger partial charge on any atom is 0.250 e. The van der Waals surface area contributed by atoms with Crippen molar-refractivity contribution in [3.05, 3.63) is 108 Å². The molecular weight excluding hydrogens is 488 g/mol. The number of nitrogens with zero attached hydrogens (tertiary/aromatic N) is 3. The van der Waals surface area contributed by atoms with Crippen LogP contribution in [0.4, 0.5) is 5.69 Å². The van der Waals surface area contributed by atoms with E-state index in [-0.39, 0.29) is 30.3 Å². The van der Waals surface area contributed by atoms with Gasteiger partial charge in [-0.05, 0) is 49.1 Å². The summed E-state index contributed by atoms with van der Waals surface area (Å²) < 4.78 is 0. The van der Waals surface area contributed by atoms with Gasteiger partial charge in [0.2, 0.25) is 11.8 Å². The highest BCUT2D eigenvalue weighted by atomic mass is 16.2. The van der Waals surface area contributed by atoms with E-state index in [1.807, 2.05) is 104 Å². The highest BCUT2D eigenvalue weighted by Crippen LogP contribution is 2.39. The van der Waals surface area contributed by atoms with Crippen LogP contribution in [0.2, 0.25) is 0 Å². The van der Waals surface area contributed by atoms with Gasteiger partial charge in [0.05, 0.1) is 12.7 Å². The number of hydrogen-bond donors (Lipinski definition) is 1. The molecule has 0 bridgehead atoms. The maximum absolute atomic E-state index is 13.9. The zero-order chi connectivity index (χ0) is 27.2. The summed E-state index contributed by atoms with van der Waals surface area (Å²) in [6.45, 7) is 3.20. The number of carbonyl (C=O) groups is 3. The molecule has 0 radical (unpaired) electrons. The van der Waals surface area contributed by atoms with Crippen molar-refractivity contribution in [1.29, 1.82) is 0 Å². The van der Waals surface area contributed by atoms with Crippen LogP contribution in [0.3, 0.4) is 0 Å². The lowest BCUT2D eigenvalue weighted by atomic mass is 9.85. The lowest BCUT2D eigenvalue weighted by molar-refractivity contribution is -0.138. The van der Waals surface area contributed by atoms with E-state index in [0.717, 1.165) is 16.8 Å². The fourth-order valence-corrected chi connectivity index (χ4v) is 5.54. The summed E-state index contributed by atoms with van der Waals surface area (Å²) in [6.07, 6.45) is 4.43. The Hall–Kier alpha value is -4.39. The molecule has 0 unspecified atom stereocenters.